The molecule has 0 bridgehead atoms. The van der Waals surface area contributed by atoms with E-state index in [1.54, 1.807) is 0 Å². The number of esters is 1. The van der Waals surface area contributed by atoms with Crippen LogP contribution in [0.2, 0.25) is 0 Å². The molecule has 1 saturated heterocycles. The average Bonchev–Trinajstić information content (AvgIpc) is 3.16. The van der Waals surface area contributed by atoms with Crippen molar-refractivity contribution in [2.45, 2.75) is 31.7 Å². The lowest BCUT2D eigenvalue weighted by atomic mass is 10.1. The van der Waals surface area contributed by atoms with Crippen LogP contribution < -0.4 is 5.32 Å². The minimum Gasteiger partial charge on any atom is -0.469 e. The molecule has 0 aromatic heterocycles. The van der Waals surface area contributed by atoms with Gasteiger partial charge in [0, 0.05) is 25.7 Å². The lowest BCUT2D eigenvalue weighted by molar-refractivity contribution is -0.140. The Morgan fingerprint density at radius 1 is 1.35 bits per heavy atom. The summed E-state index contributed by atoms with van der Waals surface area (Å²) in [5.74, 6) is 0.241. The van der Waals surface area contributed by atoms with E-state index in [0.717, 1.165) is 26.2 Å². The van der Waals surface area contributed by atoms with E-state index in [1.165, 1.54) is 20.0 Å². The van der Waals surface area contributed by atoms with Gasteiger partial charge < -0.3 is 14.8 Å². The van der Waals surface area contributed by atoms with Crippen LogP contribution >= 0.6 is 0 Å². The van der Waals surface area contributed by atoms with Gasteiger partial charge in [0.1, 0.15) is 0 Å². The summed E-state index contributed by atoms with van der Waals surface area (Å²) in [6.45, 7) is 3.36. The Bertz CT molecular complexity index is 338. The van der Waals surface area contributed by atoms with Crippen LogP contribution in [-0.4, -0.2) is 62.8 Å². The van der Waals surface area contributed by atoms with Crippen LogP contribution in [0.1, 0.15) is 25.7 Å². The lowest BCUT2D eigenvalue weighted by Gasteiger charge is -2.24. The molecule has 6 nitrogen and oxygen atoms in total. The minimum absolute atomic E-state index is 0.0141. The molecule has 2 aliphatic rings. The van der Waals surface area contributed by atoms with Crippen molar-refractivity contribution in [1.29, 1.82) is 0 Å². The van der Waals surface area contributed by atoms with Crippen LogP contribution in [0.15, 0.2) is 0 Å². The molecule has 1 saturated carbocycles. The summed E-state index contributed by atoms with van der Waals surface area (Å²) in [6.07, 6.45) is 3.68. The third kappa shape index (κ3) is 5.09. The number of carbonyl (C=O) groups excluding carboxylic acids is 2. The van der Waals surface area contributed by atoms with Crippen molar-refractivity contribution in [3.05, 3.63) is 0 Å². The summed E-state index contributed by atoms with van der Waals surface area (Å²) < 4.78 is 9.92. The van der Waals surface area contributed by atoms with Crippen LogP contribution in [0, 0.1) is 5.92 Å². The lowest BCUT2D eigenvalue weighted by Crippen LogP contribution is -2.41. The molecule has 1 aliphatic carbocycles. The zero-order chi connectivity index (χ0) is 14.4. The molecule has 1 amide bonds. The first-order valence-corrected chi connectivity index (χ1v) is 7.34. The van der Waals surface area contributed by atoms with Crippen LogP contribution in [0.3, 0.4) is 0 Å². The Morgan fingerprint density at radius 2 is 2.15 bits per heavy atom. The average molecular weight is 284 g/mol. The molecule has 0 radical (unpaired) electrons. The number of nitrogens with one attached hydrogen (secondary N) is 1. The quantitative estimate of drug-likeness (QED) is 0.643. The first-order valence-electron chi connectivity index (χ1n) is 7.34. The van der Waals surface area contributed by atoms with Gasteiger partial charge in [-0.3, -0.25) is 14.5 Å². The second-order valence-corrected chi connectivity index (χ2v) is 5.57. The second kappa shape index (κ2) is 7.59. The van der Waals surface area contributed by atoms with E-state index in [9.17, 15) is 9.59 Å². The predicted octanol–water partition coefficient (Wildman–Crippen LogP) is 0.167. The maximum Gasteiger partial charge on any atom is 0.307 e. The maximum absolute atomic E-state index is 11.9. The Kier molecular flexibility index (Phi) is 5.79. The molecule has 2 rings (SSSR count). The molecule has 6 heteroatoms. The number of methoxy groups -OCH3 is 1. The molecule has 114 valence electrons. The first kappa shape index (κ1) is 15.3. The molecule has 1 heterocycles. The third-order valence-corrected chi connectivity index (χ3v) is 3.81. The smallest absolute Gasteiger partial charge is 0.307 e. The third-order valence-electron chi connectivity index (χ3n) is 3.81. The molecule has 1 aliphatic heterocycles. The normalized spacial score (nSPS) is 22.0. The van der Waals surface area contributed by atoms with E-state index in [4.69, 9.17) is 4.74 Å². The van der Waals surface area contributed by atoms with E-state index < -0.39 is 0 Å². The molecule has 0 aromatic carbocycles. The van der Waals surface area contributed by atoms with Crippen molar-refractivity contribution in [2.24, 2.45) is 5.92 Å². The largest absolute Gasteiger partial charge is 0.469 e. The number of hydrogen-bond donors (Lipinski definition) is 1. The topological polar surface area (TPSA) is 67.9 Å². The molecule has 20 heavy (non-hydrogen) atoms. The Morgan fingerprint density at radius 3 is 2.75 bits per heavy atom. The molecular formula is C14H24N2O4. The highest BCUT2D eigenvalue weighted by Gasteiger charge is 2.32. The van der Waals surface area contributed by atoms with E-state index >= 15 is 0 Å². The van der Waals surface area contributed by atoms with Crippen molar-refractivity contribution in [3.63, 3.8) is 0 Å². The summed E-state index contributed by atoms with van der Waals surface area (Å²) in [5.41, 5.74) is 0. The fourth-order valence-electron chi connectivity index (χ4n) is 2.49. The highest BCUT2D eigenvalue weighted by Crippen LogP contribution is 2.28. The number of rotatable bonds is 8. The Labute approximate surface area is 119 Å². The van der Waals surface area contributed by atoms with Crippen LogP contribution in [0.4, 0.5) is 0 Å². The maximum atomic E-state index is 11.9. The van der Waals surface area contributed by atoms with Crippen LogP contribution in [0.25, 0.3) is 0 Å². The first-order chi connectivity index (χ1) is 9.69. The summed E-state index contributed by atoms with van der Waals surface area (Å²) in [4.78, 5) is 25.1. The van der Waals surface area contributed by atoms with Crippen molar-refractivity contribution in [1.82, 2.24) is 10.2 Å². The van der Waals surface area contributed by atoms with Gasteiger partial charge in [-0.25, -0.2) is 0 Å². The van der Waals surface area contributed by atoms with Gasteiger partial charge in [0.2, 0.25) is 5.91 Å². The van der Waals surface area contributed by atoms with E-state index in [-0.39, 0.29) is 18.3 Å². The number of ether oxygens (including phenoxy) is 2. The number of nitrogens with zero attached hydrogens (tertiary/aromatic N) is 1. The standard InChI is InChI=1S/C14H24N2O4/c1-19-14(18)4-6-15-13(17)9-16(12-2-3-12)8-11-5-7-20-10-11/h11-12H,2-10H2,1H3,(H,15,17)/t11-/m1/s1. The minimum atomic E-state index is -0.299. The summed E-state index contributed by atoms with van der Waals surface area (Å²) >= 11 is 0. The van der Waals surface area contributed by atoms with Crippen molar-refractivity contribution < 1.29 is 19.1 Å². The van der Waals surface area contributed by atoms with Crippen LogP contribution in [-0.2, 0) is 19.1 Å². The van der Waals surface area contributed by atoms with Gasteiger partial charge >= 0.3 is 5.97 Å². The summed E-state index contributed by atoms with van der Waals surface area (Å²) in [5, 5.41) is 2.77. The highest BCUT2D eigenvalue weighted by atomic mass is 16.5. The SMILES string of the molecule is COC(=O)CCNC(=O)CN(C[C@H]1CCOC1)C1CC1. The number of amides is 1. The predicted molar refractivity (Wildman–Crippen MR) is 73.2 cm³/mol. The second-order valence-electron chi connectivity index (χ2n) is 5.57. The van der Waals surface area contributed by atoms with Gasteiger partial charge in [0.05, 0.1) is 26.7 Å². The molecule has 0 unspecified atom stereocenters. The molecule has 0 aromatic rings. The Balaban J connectivity index is 1.67. The molecular weight excluding hydrogens is 260 g/mol. The molecule has 1 atom stereocenters. The molecule has 2 fully saturated rings. The fraction of sp³-hybridized carbons (Fsp3) is 0.857. The number of hydrogen-bond acceptors (Lipinski definition) is 5. The number of carbonyl (C=O) groups is 2. The van der Waals surface area contributed by atoms with Gasteiger partial charge in [-0.15, -0.1) is 0 Å². The van der Waals surface area contributed by atoms with E-state index in [1.807, 2.05) is 0 Å². The van der Waals surface area contributed by atoms with Crippen molar-refractivity contribution in [2.75, 3.05) is 40.0 Å². The molecule has 1 N–H and O–H groups in total. The van der Waals surface area contributed by atoms with Gasteiger partial charge in [0.15, 0.2) is 0 Å². The van der Waals surface area contributed by atoms with Crippen molar-refractivity contribution >= 4 is 11.9 Å². The van der Waals surface area contributed by atoms with E-state index in [0.29, 0.717) is 25.0 Å². The van der Waals surface area contributed by atoms with Gasteiger partial charge in [-0.05, 0) is 25.2 Å². The Hall–Kier alpha value is -1.14. The highest BCUT2D eigenvalue weighted by molar-refractivity contribution is 5.79. The van der Waals surface area contributed by atoms with Gasteiger partial charge in [-0.1, -0.05) is 0 Å². The van der Waals surface area contributed by atoms with E-state index in [2.05, 4.69) is 15.0 Å². The van der Waals surface area contributed by atoms with Gasteiger partial charge in [-0.2, -0.15) is 0 Å². The molecule has 0 spiro atoms. The van der Waals surface area contributed by atoms with Crippen molar-refractivity contribution in [3.8, 4) is 0 Å². The fourth-order valence-corrected chi connectivity index (χ4v) is 2.49. The monoisotopic (exact) mass is 284 g/mol. The zero-order valence-electron chi connectivity index (χ0n) is 12.1. The summed E-state index contributed by atoms with van der Waals surface area (Å²) in [7, 11) is 1.35. The zero-order valence-corrected chi connectivity index (χ0v) is 12.1. The van der Waals surface area contributed by atoms with Crippen LogP contribution in [0.5, 0.6) is 0 Å². The summed E-state index contributed by atoms with van der Waals surface area (Å²) in [6, 6.07) is 0.557. The van der Waals surface area contributed by atoms with Gasteiger partial charge in [0.25, 0.3) is 0 Å².